The summed E-state index contributed by atoms with van der Waals surface area (Å²) in [6, 6.07) is 17.4. The van der Waals surface area contributed by atoms with Crippen molar-refractivity contribution in [1.82, 2.24) is 40.5 Å². The Morgan fingerprint density at radius 2 is 1.43 bits per heavy atom. The van der Waals surface area contributed by atoms with Crippen molar-refractivity contribution >= 4 is 17.9 Å². The largest absolute Gasteiger partial charge is 0.453 e. The molecule has 5 aromatic rings. The van der Waals surface area contributed by atoms with E-state index >= 15 is 0 Å². The van der Waals surface area contributed by atoms with Gasteiger partial charge in [-0.3, -0.25) is 14.6 Å². The normalized spacial score (nSPS) is 22.1. The molecule has 0 spiro atoms. The monoisotopic (exact) mass is 824 g/mol. The smallest absolute Gasteiger partial charge is 0.433 e. The Kier molecular flexibility index (Phi) is 11.5. The molecule has 16 heteroatoms. The van der Waals surface area contributed by atoms with Gasteiger partial charge in [0.25, 0.3) is 0 Å². The number of ether oxygens (including phenoxy) is 2. The third kappa shape index (κ3) is 8.24. The summed E-state index contributed by atoms with van der Waals surface area (Å²) >= 11 is 0. The lowest BCUT2D eigenvalue weighted by molar-refractivity contribution is -0.141. The predicted molar refractivity (Wildman–Crippen MR) is 215 cm³/mol. The van der Waals surface area contributed by atoms with Gasteiger partial charge in [-0.15, -0.1) is 0 Å². The number of benzene rings is 2. The van der Waals surface area contributed by atoms with Crippen molar-refractivity contribution in [3.63, 3.8) is 0 Å². The van der Waals surface area contributed by atoms with Crippen LogP contribution in [0.2, 0.25) is 0 Å². The molecule has 314 valence electrons. The Labute approximate surface area is 344 Å². The highest BCUT2D eigenvalue weighted by atomic mass is 19.4. The van der Waals surface area contributed by atoms with Crippen molar-refractivity contribution in [3.05, 3.63) is 102 Å². The van der Waals surface area contributed by atoms with E-state index in [0.717, 1.165) is 83.8 Å². The molecule has 3 aliphatic rings. The second-order valence-electron chi connectivity index (χ2n) is 15.9. The Bertz CT molecular complexity index is 2310. The van der Waals surface area contributed by atoms with Crippen molar-refractivity contribution in [2.75, 3.05) is 20.8 Å². The van der Waals surface area contributed by atoms with Crippen LogP contribution in [0.25, 0.3) is 33.6 Å². The molecular formula is C44H47F3N8O5. The third-order valence-electron chi connectivity index (χ3n) is 12.5. The average Bonchev–Trinajstić information content (AvgIpc) is 4.13. The number of H-pyrrole nitrogens is 2. The number of amides is 3. The SMILES string of the molecule is COC(=O)N[C@H](C(=O)N1CCC[C@H]1c1ncc(-c2ccc(-c3ccc(-c4cnc([C@H]5C6CCC(C6)[C@@H]5C(=O)NCc5ccc(C(F)(F)F)nc5)[nH]4)cc3)cc2)[nH]1)[C@@H](C)OC. The second-order valence-corrected chi connectivity index (χ2v) is 15.9. The van der Waals surface area contributed by atoms with E-state index in [1.54, 1.807) is 18.0 Å². The fraction of sp³-hybridized carbons (Fsp3) is 0.409. The molecule has 3 aromatic heterocycles. The number of aromatic amines is 2. The van der Waals surface area contributed by atoms with E-state index in [1.807, 2.05) is 42.6 Å². The number of likely N-dealkylation sites (tertiary alicyclic amines) is 1. The lowest BCUT2D eigenvalue weighted by Gasteiger charge is -2.30. The summed E-state index contributed by atoms with van der Waals surface area (Å²) < 4.78 is 49.0. The van der Waals surface area contributed by atoms with Gasteiger partial charge in [-0.05, 0) is 84.7 Å². The molecule has 4 N–H and O–H groups in total. The molecule has 2 aliphatic carbocycles. The zero-order valence-electron chi connectivity index (χ0n) is 33.5. The van der Waals surface area contributed by atoms with Crippen LogP contribution in [-0.4, -0.2) is 80.6 Å². The summed E-state index contributed by atoms with van der Waals surface area (Å²) in [5.41, 5.74) is 5.18. The van der Waals surface area contributed by atoms with Crippen LogP contribution in [0, 0.1) is 17.8 Å². The highest BCUT2D eigenvalue weighted by Crippen LogP contribution is 2.56. The lowest BCUT2D eigenvalue weighted by Crippen LogP contribution is -2.54. The van der Waals surface area contributed by atoms with E-state index in [0.29, 0.717) is 23.9 Å². The topological polar surface area (TPSA) is 167 Å². The maximum atomic E-state index is 13.6. The molecule has 0 radical (unpaired) electrons. The van der Waals surface area contributed by atoms with Crippen LogP contribution in [0.5, 0.6) is 0 Å². The van der Waals surface area contributed by atoms with Crippen molar-refractivity contribution in [3.8, 4) is 33.6 Å². The van der Waals surface area contributed by atoms with Gasteiger partial charge < -0.3 is 35.0 Å². The first-order chi connectivity index (χ1) is 28.9. The fourth-order valence-corrected chi connectivity index (χ4v) is 9.25. The molecule has 3 amide bonds. The standard InChI is InChI=1S/C44H47F3N8O5/c1-24(59-2)38(54-43(58)60-3)42(57)55-18-4-5-34(55)39-49-22-32(52-39)28-11-7-26(8-12-28)27-9-13-29(14-10-27)33-23-50-40(53-33)36-30-15-16-31(19-30)37(36)41(56)51-21-25-6-17-35(48-20-25)44(45,46)47/h6-14,17,20,22-24,30-31,34,36-38H,4-5,15-16,18-19,21H2,1-3H3,(H,49,52)(H,50,53)(H,51,56)(H,54,58)/t24-,30?,31?,34+,36+,37+,38+/m1/s1. The number of carbonyl (C=O) groups excluding carboxylic acids is 3. The summed E-state index contributed by atoms with van der Waals surface area (Å²) in [4.78, 5) is 60.8. The number of nitrogens with zero attached hydrogens (tertiary/aromatic N) is 4. The second kappa shape index (κ2) is 16.9. The Morgan fingerprint density at radius 1 is 0.817 bits per heavy atom. The number of hydrogen-bond donors (Lipinski definition) is 4. The van der Waals surface area contributed by atoms with Gasteiger partial charge in [0.1, 0.15) is 23.4 Å². The first kappa shape index (κ1) is 40.7. The van der Waals surface area contributed by atoms with Gasteiger partial charge in [0.15, 0.2) is 0 Å². The Hall–Kier alpha value is -6.03. The number of alkyl carbamates (subject to hydrolysis) is 1. The number of fused-ring (bicyclic) bond motifs is 2. The van der Waals surface area contributed by atoms with Gasteiger partial charge in [0, 0.05) is 32.3 Å². The van der Waals surface area contributed by atoms with Gasteiger partial charge >= 0.3 is 12.3 Å². The quantitative estimate of drug-likeness (QED) is 0.101. The number of nitrogens with one attached hydrogen (secondary N) is 4. The highest BCUT2D eigenvalue weighted by Gasteiger charge is 2.52. The van der Waals surface area contributed by atoms with Crippen molar-refractivity contribution in [2.45, 2.75) is 75.9 Å². The zero-order chi connectivity index (χ0) is 42.1. The molecule has 2 aromatic carbocycles. The number of imidazole rings is 2. The summed E-state index contributed by atoms with van der Waals surface area (Å²) in [5.74, 6) is 1.30. The molecule has 4 heterocycles. The summed E-state index contributed by atoms with van der Waals surface area (Å²) in [5, 5.41) is 5.56. The van der Waals surface area contributed by atoms with Crippen LogP contribution in [0.1, 0.15) is 73.9 Å². The van der Waals surface area contributed by atoms with Crippen molar-refractivity contribution in [2.24, 2.45) is 17.8 Å². The van der Waals surface area contributed by atoms with Crippen LogP contribution in [0.3, 0.4) is 0 Å². The molecule has 2 unspecified atom stereocenters. The fourth-order valence-electron chi connectivity index (χ4n) is 9.25. The molecule has 1 aliphatic heterocycles. The zero-order valence-corrected chi connectivity index (χ0v) is 33.5. The minimum absolute atomic E-state index is 0.0704. The Balaban J connectivity index is 0.905. The van der Waals surface area contributed by atoms with E-state index in [2.05, 4.69) is 42.7 Å². The predicted octanol–water partition coefficient (Wildman–Crippen LogP) is 7.42. The molecule has 3 fully saturated rings. The maximum absolute atomic E-state index is 13.6. The number of halogens is 3. The summed E-state index contributed by atoms with van der Waals surface area (Å²) in [6.07, 6.45) is 3.43. The first-order valence-electron chi connectivity index (χ1n) is 20.2. The van der Waals surface area contributed by atoms with Gasteiger partial charge in [-0.1, -0.05) is 54.6 Å². The number of rotatable bonds is 12. The van der Waals surface area contributed by atoms with Crippen molar-refractivity contribution < 1.29 is 37.0 Å². The number of pyridine rings is 1. The summed E-state index contributed by atoms with van der Waals surface area (Å²) in [7, 11) is 2.74. The van der Waals surface area contributed by atoms with Crippen LogP contribution in [0.4, 0.5) is 18.0 Å². The van der Waals surface area contributed by atoms with E-state index in [9.17, 15) is 27.6 Å². The average molecular weight is 825 g/mol. The molecule has 60 heavy (non-hydrogen) atoms. The highest BCUT2D eigenvalue weighted by molar-refractivity contribution is 5.87. The van der Waals surface area contributed by atoms with Crippen LogP contribution >= 0.6 is 0 Å². The van der Waals surface area contributed by atoms with Gasteiger partial charge in [0.2, 0.25) is 11.8 Å². The molecule has 2 bridgehead atoms. The van der Waals surface area contributed by atoms with E-state index in [1.165, 1.54) is 20.3 Å². The van der Waals surface area contributed by atoms with Crippen LogP contribution in [-0.2, 0) is 31.8 Å². The van der Waals surface area contributed by atoms with E-state index in [4.69, 9.17) is 14.5 Å². The third-order valence-corrected chi connectivity index (χ3v) is 12.5. The van der Waals surface area contributed by atoms with Gasteiger partial charge in [0.05, 0.1) is 49.0 Å². The molecule has 13 nitrogen and oxygen atoms in total. The van der Waals surface area contributed by atoms with Gasteiger partial charge in [-0.2, -0.15) is 13.2 Å². The van der Waals surface area contributed by atoms with E-state index in [-0.39, 0.29) is 42.2 Å². The molecule has 7 atom stereocenters. The molecule has 8 rings (SSSR count). The lowest BCUT2D eigenvalue weighted by atomic mass is 9.78. The first-order valence-corrected chi connectivity index (χ1v) is 20.2. The van der Waals surface area contributed by atoms with Crippen molar-refractivity contribution in [1.29, 1.82) is 0 Å². The number of carbonyl (C=O) groups is 3. The van der Waals surface area contributed by atoms with E-state index < -0.39 is 30.1 Å². The molecular weight excluding hydrogens is 778 g/mol. The number of aromatic nitrogens is 5. The minimum Gasteiger partial charge on any atom is -0.453 e. The van der Waals surface area contributed by atoms with Crippen LogP contribution < -0.4 is 10.6 Å². The number of methoxy groups -OCH3 is 2. The molecule has 1 saturated heterocycles. The maximum Gasteiger partial charge on any atom is 0.433 e. The molecule has 2 saturated carbocycles. The minimum atomic E-state index is -4.52. The van der Waals surface area contributed by atoms with Gasteiger partial charge in [-0.25, -0.2) is 14.8 Å². The Morgan fingerprint density at radius 3 is 2.03 bits per heavy atom. The number of hydrogen-bond acceptors (Lipinski definition) is 8. The number of alkyl halides is 3. The van der Waals surface area contributed by atoms with Crippen LogP contribution in [0.15, 0.2) is 79.3 Å². The summed E-state index contributed by atoms with van der Waals surface area (Å²) in [6.45, 7) is 2.36.